The number of hydrogen-bond donors (Lipinski definition) is 0. The van der Waals surface area contributed by atoms with Gasteiger partial charge in [-0.25, -0.2) is 0 Å². The van der Waals surface area contributed by atoms with Crippen LogP contribution in [0.3, 0.4) is 0 Å². The predicted octanol–water partition coefficient (Wildman–Crippen LogP) is 5.29. The first-order valence-corrected chi connectivity index (χ1v) is 8.68. The van der Waals surface area contributed by atoms with Crippen molar-refractivity contribution in [1.82, 2.24) is 0 Å². The highest BCUT2D eigenvalue weighted by molar-refractivity contribution is 8.00. The summed E-state index contributed by atoms with van der Waals surface area (Å²) in [4.78, 5) is 2.57. The van der Waals surface area contributed by atoms with Gasteiger partial charge in [0.05, 0.1) is 0 Å². The summed E-state index contributed by atoms with van der Waals surface area (Å²) in [6.07, 6.45) is 8.59. The number of rotatable bonds is 2. The monoisotopic (exact) mass is 310 g/mol. The van der Waals surface area contributed by atoms with E-state index in [1.165, 1.54) is 20.9 Å². The molecule has 104 valence electrons. The molecular formula is C18H14OS2. The highest BCUT2D eigenvalue weighted by Gasteiger charge is 2.21. The Kier molecular flexibility index (Phi) is 3.63. The van der Waals surface area contributed by atoms with Crippen molar-refractivity contribution in [2.75, 3.05) is 0 Å². The van der Waals surface area contributed by atoms with Crippen LogP contribution in [-0.2, 0) is 4.74 Å². The van der Waals surface area contributed by atoms with E-state index in [-0.39, 0.29) is 10.9 Å². The minimum Gasteiger partial charge on any atom is -0.345 e. The van der Waals surface area contributed by atoms with E-state index in [9.17, 15) is 0 Å². The van der Waals surface area contributed by atoms with E-state index < -0.39 is 0 Å². The van der Waals surface area contributed by atoms with Crippen molar-refractivity contribution in [3.8, 4) is 0 Å². The largest absolute Gasteiger partial charge is 0.345 e. The number of ether oxygens (including phenoxy) is 1. The lowest BCUT2D eigenvalue weighted by atomic mass is 10.2. The van der Waals surface area contributed by atoms with Gasteiger partial charge >= 0.3 is 0 Å². The third-order valence-corrected chi connectivity index (χ3v) is 5.71. The highest BCUT2D eigenvalue weighted by Crippen LogP contribution is 2.39. The van der Waals surface area contributed by atoms with E-state index in [4.69, 9.17) is 4.74 Å². The van der Waals surface area contributed by atoms with Gasteiger partial charge in [0.15, 0.2) is 0 Å². The fourth-order valence-corrected chi connectivity index (χ4v) is 4.52. The van der Waals surface area contributed by atoms with Gasteiger partial charge in [0, 0.05) is 9.79 Å². The van der Waals surface area contributed by atoms with Gasteiger partial charge in [-0.05, 0) is 35.4 Å². The molecule has 2 aromatic carbocycles. The molecule has 0 saturated heterocycles. The smallest absolute Gasteiger partial charge is 0.128 e. The summed E-state index contributed by atoms with van der Waals surface area (Å²) in [7, 11) is 0. The molecule has 1 nitrogen and oxygen atoms in total. The van der Waals surface area contributed by atoms with Crippen LogP contribution >= 0.6 is 23.5 Å². The van der Waals surface area contributed by atoms with Crippen LogP contribution in [0.5, 0.6) is 0 Å². The summed E-state index contributed by atoms with van der Waals surface area (Å²) in [5.41, 5.74) is 2.71. The number of hydrogen-bond acceptors (Lipinski definition) is 3. The van der Waals surface area contributed by atoms with Crippen molar-refractivity contribution in [3.63, 3.8) is 0 Å². The second-order valence-electron chi connectivity index (χ2n) is 4.90. The quantitative estimate of drug-likeness (QED) is 0.745. The average molecular weight is 310 g/mol. The first kappa shape index (κ1) is 13.3. The van der Waals surface area contributed by atoms with Crippen LogP contribution in [-0.4, -0.2) is 10.9 Å². The number of thioether (sulfide) groups is 2. The maximum absolute atomic E-state index is 6.20. The van der Waals surface area contributed by atoms with Crippen molar-refractivity contribution in [2.24, 2.45) is 0 Å². The molecule has 0 amide bonds. The van der Waals surface area contributed by atoms with E-state index in [2.05, 4.69) is 72.8 Å². The van der Waals surface area contributed by atoms with Crippen LogP contribution < -0.4 is 0 Å². The molecule has 0 fully saturated rings. The molecule has 2 aromatic rings. The molecule has 0 saturated carbocycles. The molecular weight excluding hydrogens is 296 g/mol. The second-order valence-corrected chi connectivity index (χ2v) is 7.18. The first-order valence-electron chi connectivity index (χ1n) is 6.92. The zero-order valence-corrected chi connectivity index (χ0v) is 12.9. The van der Waals surface area contributed by atoms with Crippen molar-refractivity contribution in [1.29, 1.82) is 0 Å². The van der Waals surface area contributed by atoms with Gasteiger partial charge in [-0.1, -0.05) is 72.1 Å². The molecule has 2 atom stereocenters. The van der Waals surface area contributed by atoms with E-state index in [1.807, 2.05) is 0 Å². The maximum atomic E-state index is 6.20. The minimum absolute atomic E-state index is 0.0762. The Balaban J connectivity index is 1.47. The molecule has 0 aromatic heterocycles. The van der Waals surface area contributed by atoms with Crippen molar-refractivity contribution >= 4 is 35.7 Å². The van der Waals surface area contributed by atoms with E-state index in [1.54, 1.807) is 23.5 Å². The van der Waals surface area contributed by atoms with Gasteiger partial charge in [0.2, 0.25) is 0 Å². The van der Waals surface area contributed by atoms with Gasteiger partial charge < -0.3 is 4.74 Å². The van der Waals surface area contributed by atoms with Crippen LogP contribution in [0, 0.1) is 0 Å². The summed E-state index contributed by atoms with van der Waals surface area (Å²) >= 11 is 3.55. The Morgan fingerprint density at radius 3 is 1.67 bits per heavy atom. The summed E-state index contributed by atoms with van der Waals surface area (Å²) in [6, 6.07) is 16.9. The van der Waals surface area contributed by atoms with Gasteiger partial charge in [0.1, 0.15) is 10.9 Å². The summed E-state index contributed by atoms with van der Waals surface area (Å²) in [5.74, 6) is 0. The molecule has 4 rings (SSSR count). The van der Waals surface area contributed by atoms with Crippen molar-refractivity contribution in [3.05, 3.63) is 71.8 Å². The summed E-state index contributed by atoms with van der Waals surface area (Å²) in [5, 5.41) is 0. The molecule has 2 aliphatic rings. The molecule has 3 heteroatoms. The van der Waals surface area contributed by atoms with Gasteiger partial charge in [0.25, 0.3) is 0 Å². The van der Waals surface area contributed by atoms with Gasteiger partial charge in [-0.15, -0.1) is 0 Å². The molecule has 21 heavy (non-hydrogen) atoms. The van der Waals surface area contributed by atoms with E-state index in [0.29, 0.717) is 0 Å². The Morgan fingerprint density at radius 2 is 1.14 bits per heavy atom. The Morgan fingerprint density at radius 1 is 0.667 bits per heavy atom. The third-order valence-electron chi connectivity index (χ3n) is 3.46. The standard InChI is InChI=1S/C18H14OS2/c1-3-7-15-13(5-1)9-11-17(20-15)19-18-12-10-14-6-2-4-8-16(14)21-18/h1-12,17-18H. The summed E-state index contributed by atoms with van der Waals surface area (Å²) < 4.78 is 6.20. The number of benzene rings is 2. The lowest BCUT2D eigenvalue weighted by Gasteiger charge is -2.25. The van der Waals surface area contributed by atoms with Crippen LogP contribution in [0.25, 0.3) is 12.2 Å². The SMILES string of the molecule is C1=CC(OC2C=Cc3ccccc3S2)Sc2ccccc21. The first-order chi connectivity index (χ1) is 10.4. The lowest BCUT2D eigenvalue weighted by molar-refractivity contribution is 0.147. The van der Waals surface area contributed by atoms with Crippen LogP contribution in [0.15, 0.2) is 70.5 Å². The molecule has 0 bridgehead atoms. The molecule has 0 N–H and O–H groups in total. The minimum atomic E-state index is 0.0762. The van der Waals surface area contributed by atoms with Gasteiger partial charge in [-0.2, -0.15) is 0 Å². The van der Waals surface area contributed by atoms with E-state index >= 15 is 0 Å². The van der Waals surface area contributed by atoms with Crippen LogP contribution in [0.2, 0.25) is 0 Å². The fourth-order valence-electron chi connectivity index (χ4n) is 2.42. The number of fused-ring (bicyclic) bond motifs is 2. The predicted molar refractivity (Wildman–Crippen MR) is 91.3 cm³/mol. The van der Waals surface area contributed by atoms with Crippen molar-refractivity contribution < 1.29 is 4.74 Å². The fraction of sp³-hybridized carbons (Fsp3) is 0.111. The lowest BCUT2D eigenvalue weighted by Crippen LogP contribution is -2.16. The average Bonchev–Trinajstić information content (AvgIpc) is 2.55. The molecule has 2 aliphatic heterocycles. The Hall–Kier alpha value is -1.42. The molecule has 0 aliphatic carbocycles. The van der Waals surface area contributed by atoms with Crippen LogP contribution in [0.4, 0.5) is 0 Å². The third kappa shape index (κ3) is 2.82. The van der Waals surface area contributed by atoms with Crippen LogP contribution in [0.1, 0.15) is 11.1 Å². The molecule has 0 spiro atoms. The highest BCUT2D eigenvalue weighted by atomic mass is 32.2. The molecule has 0 radical (unpaired) electrons. The Labute approximate surface area is 133 Å². The summed E-state index contributed by atoms with van der Waals surface area (Å²) in [6.45, 7) is 0. The van der Waals surface area contributed by atoms with Crippen molar-refractivity contribution in [2.45, 2.75) is 20.7 Å². The zero-order valence-electron chi connectivity index (χ0n) is 11.3. The molecule has 2 unspecified atom stereocenters. The van der Waals surface area contributed by atoms with E-state index in [0.717, 1.165) is 0 Å². The Bertz CT molecular complexity index is 659. The second kappa shape index (κ2) is 5.76. The maximum Gasteiger partial charge on any atom is 0.128 e. The topological polar surface area (TPSA) is 9.23 Å². The zero-order chi connectivity index (χ0) is 14.1. The normalized spacial score (nSPS) is 22.7. The molecule has 2 heterocycles. The van der Waals surface area contributed by atoms with Gasteiger partial charge in [-0.3, -0.25) is 0 Å².